The van der Waals surface area contributed by atoms with Crippen molar-refractivity contribution in [1.29, 1.82) is 0 Å². The van der Waals surface area contributed by atoms with Gasteiger partial charge in [0.2, 0.25) is 0 Å². The zero-order chi connectivity index (χ0) is 25.3. The molecule has 1 atom stereocenters. The van der Waals surface area contributed by atoms with Crippen molar-refractivity contribution < 1.29 is 19.1 Å². The molecule has 0 radical (unpaired) electrons. The molecule has 180 valence electrons. The van der Waals surface area contributed by atoms with Gasteiger partial charge in [-0.05, 0) is 73.7 Å². The van der Waals surface area contributed by atoms with E-state index in [4.69, 9.17) is 4.74 Å². The van der Waals surface area contributed by atoms with Crippen LogP contribution in [0.3, 0.4) is 0 Å². The molecule has 35 heavy (non-hydrogen) atoms. The third-order valence-corrected chi connectivity index (χ3v) is 6.53. The molecule has 1 fully saturated rings. The number of urea groups is 1. The Bertz CT molecular complexity index is 1330. The highest BCUT2D eigenvalue weighted by Crippen LogP contribution is 2.30. The summed E-state index contributed by atoms with van der Waals surface area (Å²) < 4.78 is 7.52. The maximum atomic E-state index is 13.3. The normalized spacial score (nSPS) is 16.0. The smallest absolute Gasteiger partial charge is 0.335 e. The second-order valence-electron chi connectivity index (χ2n) is 8.69. The van der Waals surface area contributed by atoms with E-state index in [0.29, 0.717) is 22.9 Å². The Morgan fingerprint density at radius 3 is 2.37 bits per heavy atom. The predicted octanol–water partition coefficient (Wildman–Crippen LogP) is 5.28. The SMILES string of the molecule is CCC(C)c1ccc(N2C(=O)NC(=O)C(=Cc3cc(C)n(-c4ccccc4OC)c3C)C2=O)cc1. The van der Waals surface area contributed by atoms with E-state index >= 15 is 0 Å². The number of aromatic nitrogens is 1. The zero-order valence-electron chi connectivity index (χ0n) is 20.6. The molecule has 0 saturated carbocycles. The lowest BCUT2D eigenvalue weighted by Gasteiger charge is -2.26. The predicted molar refractivity (Wildman–Crippen MR) is 136 cm³/mol. The number of hydrogen-bond donors (Lipinski definition) is 1. The molecule has 1 aliphatic heterocycles. The van der Waals surface area contributed by atoms with Crippen LogP contribution in [0.5, 0.6) is 5.75 Å². The number of carbonyl (C=O) groups excluding carboxylic acids is 3. The van der Waals surface area contributed by atoms with Crippen LogP contribution in [-0.4, -0.2) is 29.5 Å². The van der Waals surface area contributed by atoms with Crippen molar-refractivity contribution in [1.82, 2.24) is 9.88 Å². The number of benzene rings is 2. The van der Waals surface area contributed by atoms with Crippen LogP contribution in [0.4, 0.5) is 10.5 Å². The van der Waals surface area contributed by atoms with E-state index in [1.54, 1.807) is 25.3 Å². The molecule has 4 rings (SSSR count). The van der Waals surface area contributed by atoms with Crippen LogP contribution in [0.15, 0.2) is 60.2 Å². The molecule has 7 heteroatoms. The Balaban J connectivity index is 1.73. The molecule has 0 aliphatic carbocycles. The molecule has 1 saturated heterocycles. The molecular formula is C28H29N3O4. The number of ether oxygens (including phenoxy) is 1. The fraction of sp³-hybridized carbons (Fsp3) is 0.250. The minimum atomic E-state index is -0.757. The standard InChI is InChI=1S/C28H29N3O4/c1-6-17(2)20-11-13-22(14-12-20)31-27(33)23(26(32)29-28(31)34)16-21-15-18(3)30(19(21)4)24-9-7-8-10-25(24)35-5/h7-17H,6H2,1-5H3,(H,29,32,34). The highest BCUT2D eigenvalue weighted by atomic mass is 16.5. The van der Waals surface area contributed by atoms with Gasteiger partial charge in [-0.3, -0.25) is 14.9 Å². The third kappa shape index (κ3) is 4.37. The van der Waals surface area contributed by atoms with E-state index in [2.05, 4.69) is 19.2 Å². The van der Waals surface area contributed by atoms with Crippen LogP contribution in [-0.2, 0) is 9.59 Å². The van der Waals surface area contributed by atoms with Gasteiger partial charge in [-0.15, -0.1) is 0 Å². The summed E-state index contributed by atoms with van der Waals surface area (Å²) in [5.41, 5.74) is 4.74. The molecule has 7 nitrogen and oxygen atoms in total. The molecule has 2 aromatic carbocycles. The number of imide groups is 2. The van der Waals surface area contributed by atoms with Crippen LogP contribution in [0.2, 0.25) is 0 Å². The summed E-state index contributed by atoms with van der Waals surface area (Å²) >= 11 is 0. The van der Waals surface area contributed by atoms with Crippen LogP contribution in [0, 0.1) is 13.8 Å². The van der Waals surface area contributed by atoms with E-state index in [1.807, 2.05) is 60.9 Å². The van der Waals surface area contributed by atoms with Crippen molar-refractivity contribution in [2.75, 3.05) is 12.0 Å². The molecular weight excluding hydrogens is 442 g/mol. The van der Waals surface area contributed by atoms with Gasteiger partial charge in [-0.2, -0.15) is 0 Å². The summed E-state index contributed by atoms with van der Waals surface area (Å²) in [5.74, 6) is -0.297. The number of anilines is 1. The molecule has 1 aliphatic rings. The van der Waals surface area contributed by atoms with E-state index in [1.165, 1.54) is 0 Å². The van der Waals surface area contributed by atoms with Crippen LogP contribution >= 0.6 is 0 Å². The van der Waals surface area contributed by atoms with E-state index in [0.717, 1.165) is 34.0 Å². The van der Waals surface area contributed by atoms with Gasteiger partial charge in [0.15, 0.2) is 0 Å². The topological polar surface area (TPSA) is 80.6 Å². The monoisotopic (exact) mass is 471 g/mol. The number of nitrogens with zero attached hydrogens (tertiary/aromatic N) is 2. The Hall–Kier alpha value is -4.13. The molecule has 1 N–H and O–H groups in total. The fourth-order valence-electron chi connectivity index (χ4n) is 4.35. The van der Waals surface area contributed by atoms with Crippen LogP contribution in [0.1, 0.15) is 48.7 Å². The summed E-state index contributed by atoms with van der Waals surface area (Å²) in [4.78, 5) is 39.6. The summed E-state index contributed by atoms with van der Waals surface area (Å²) in [6, 6.07) is 16.1. The maximum Gasteiger partial charge on any atom is 0.335 e. The first kappa shape index (κ1) is 24.0. The summed E-state index contributed by atoms with van der Waals surface area (Å²) in [6.07, 6.45) is 2.52. The van der Waals surface area contributed by atoms with Crippen molar-refractivity contribution in [2.45, 2.75) is 40.0 Å². The van der Waals surface area contributed by atoms with Crippen LogP contribution < -0.4 is 15.0 Å². The summed E-state index contributed by atoms with van der Waals surface area (Å²) in [6.45, 7) is 8.08. The lowest BCUT2D eigenvalue weighted by molar-refractivity contribution is -0.122. The minimum absolute atomic E-state index is 0.101. The molecule has 0 spiro atoms. The Morgan fingerprint density at radius 2 is 1.71 bits per heavy atom. The Kier molecular flexibility index (Phi) is 6.60. The largest absolute Gasteiger partial charge is 0.495 e. The van der Waals surface area contributed by atoms with Gasteiger partial charge in [0.1, 0.15) is 11.3 Å². The lowest BCUT2D eigenvalue weighted by Crippen LogP contribution is -2.54. The number of barbiturate groups is 1. The van der Waals surface area contributed by atoms with Crippen LogP contribution in [0.25, 0.3) is 11.8 Å². The van der Waals surface area contributed by atoms with Gasteiger partial charge >= 0.3 is 6.03 Å². The number of aryl methyl sites for hydroxylation is 1. The number of carbonyl (C=O) groups is 3. The first-order chi connectivity index (χ1) is 16.8. The lowest BCUT2D eigenvalue weighted by atomic mass is 9.98. The van der Waals surface area contributed by atoms with Gasteiger partial charge in [0.05, 0.1) is 18.5 Å². The molecule has 2 heterocycles. The zero-order valence-corrected chi connectivity index (χ0v) is 20.6. The molecule has 0 bridgehead atoms. The first-order valence-electron chi connectivity index (χ1n) is 11.6. The Labute approximate surface area is 205 Å². The molecule has 4 amide bonds. The van der Waals surface area contributed by atoms with Gasteiger partial charge in [-0.25, -0.2) is 9.69 Å². The van der Waals surface area contributed by atoms with E-state index < -0.39 is 17.8 Å². The number of nitrogens with one attached hydrogen (secondary N) is 1. The van der Waals surface area contributed by atoms with Crippen molar-refractivity contribution in [3.05, 3.63) is 82.7 Å². The first-order valence-corrected chi connectivity index (χ1v) is 11.6. The number of methoxy groups -OCH3 is 1. The summed E-state index contributed by atoms with van der Waals surface area (Å²) in [7, 11) is 1.61. The van der Waals surface area contributed by atoms with Crippen molar-refractivity contribution >= 4 is 29.6 Å². The fourth-order valence-corrected chi connectivity index (χ4v) is 4.35. The second kappa shape index (κ2) is 9.62. The minimum Gasteiger partial charge on any atom is -0.495 e. The third-order valence-electron chi connectivity index (χ3n) is 6.53. The highest BCUT2D eigenvalue weighted by molar-refractivity contribution is 6.39. The average Bonchev–Trinajstić information content (AvgIpc) is 3.13. The molecule has 1 unspecified atom stereocenters. The average molecular weight is 472 g/mol. The quantitative estimate of drug-likeness (QED) is 0.392. The highest BCUT2D eigenvalue weighted by Gasteiger charge is 2.37. The molecule has 1 aromatic heterocycles. The Morgan fingerprint density at radius 1 is 1.03 bits per heavy atom. The van der Waals surface area contributed by atoms with Crippen molar-refractivity contribution in [3.63, 3.8) is 0 Å². The number of amides is 4. The van der Waals surface area contributed by atoms with Crippen molar-refractivity contribution in [2.24, 2.45) is 0 Å². The van der Waals surface area contributed by atoms with Gasteiger partial charge in [0.25, 0.3) is 11.8 Å². The van der Waals surface area contributed by atoms with Gasteiger partial charge < -0.3 is 9.30 Å². The second-order valence-corrected chi connectivity index (χ2v) is 8.69. The van der Waals surface area contributed by atoms with E-state index in [-0.39, 0.29) is 5.57 Å². The summed E-state index contributed by atoms with van der Waals surface area (Å²) in [5, 5.41) is 2.30. The van der Waals surface area contributed by atoms with E-state index in [9.17, 15) is 14.4 Å². The maximum absolute atomic E-state index is 13.3. The number of rotatable bonds is 6. The van der Waals surface area contributed by atoms with Gasteiger partial charge in [-0.1, -0.05) is 38.1 Å². The number of hydrogen-bond acceptors (Lipinski definition) is 4. The molecule has 3 aromatic rings. The van der Waals surface area contributed by atoms with Gasteiger partial charge in [0, 0.05) is 11.4 Å². The van der Waals surface area contributed by atoms with Crippen molar-refractivity contribution in [3.8, 4) is 11.4 Å². The number of para-hydroxylation sites is 2.